The van der Waals surface area contributed by atoms with Gasteiger partial charge in [0.15, 0.2) is 22.3 Å². The van der Waals surface area contributed by atoms with Crippen LogP contribution >= 0.6 is 0 Å². The molecule has 9 aromatic carbocycles. The number of benzene rings is 9. The number of fused-ring (bicyclic) bond motifs is 12. The second-order valence-corrected chi connectivity index (χ2v) is 18.9. The summed E-state index contributed by atoms with van der Waals surface area (Å²) < 4.78 is 19.8. The third kappa shape index (κ3) is 5.27. The summed E-state index contributed by atoms with van der Waals surface area (Å²) in [6.45, 7) is 17.7. The fourth-order valence-corrected chi connectivity index (χ4v) is 11.9. The van der Waals surface area contributed by atoms with Gasteiger partial charge in [0.1, 0.15) is 11.0 Å². The van der Waals surface area contributed by atoms with Crippen LogP contribution in [0.2, 0.25) is 0 Å². The van der Waals surface area contributed by atoms with Gasteiger partial charge < -0.3 is 17.6 Å². The highest BCUT2D eigenvalue weighted by atomic mass is 16.3. The minimum atomic E-state index is 0.826. The normalized spacial score (nSPS) is 12.2. The lowest BCUT2D eigenvalue weighted by molar-refractivity contribution is 0.653. The summed E-state index contributed by atoms with van der Waals surface area (Å²) in [7, 11) is 0. The Morgan fingerprint density at radius 3 is 0.909 bits per heavy atom. The van der Waals surface area contributed by atoms with Gasteiger partial charge in [-0.25, -0.2) is 0 Å². The van der Waals surface area contributed by atoms with Gasteiger partial charge in [-0.3, -0.25) is 0 Å². The van der Waals surface area contributed by atoms with Crippen LogP contribution in [0.25, 0.3) is 121 Å². The van der Waals surface area contributed by atoms with E-state index in [4.69, 9.17) is 8.83 Å². The lowest BCUT2D eigenvalue weighted by atomic mass is 9.94. The quantitative estimate of drug-likeness (QED) is 0.165. The molecule has 0 aliphatic heterocycles. The molecule has 0 aliphatic carbocycles. The first-order valence-corrected chi connectivity index (χ1v) is 23.1. The third-order valence-corrected chi connectivity index (χ3v) is 14.7. The Morgan fingerprint density at radius 1 is 0.303 bits per heavy atom. The molecule has 13 aromatic rings. The van der Waals surface area contributed by atoms with Crippen LogP contribution < -0.4 is 0 Å². The van der Waals surface area contributed by atoms with Gasteiger partial charge in [0.25, 0.3) is 0 Å². The Kier molecular flexibility index (Phi) is 8.10. The van der Waals surface area contributed by atoms with Crippen LogP contribution in [0, 0.1) is 55.4 Å². The van der Waals surface area contributed by atoms with Gasteiger partial charge in [0.2, 0.25) is 0 Å². The van der Waals surface area contributed by atoms with Crippen LogP contribution in [0.1, 0.15) is 44.5 Å². The smallest absolute Gasteiger partial charge is 0.162 e. The zero-order valence-corrected chi connectivity index (χ0v) is 38.6. The fraction of sp³-hybridized carbons (Fsp3) is 0.129. The predicted molar refractivity (Wildman–Crippen MR) is 278 cm³/mol. The molecule has 66 heavy (non-hydrogen) atoms. The topological polar surface area (TPSA) is 35.1 Å². The van der Waals surface area contributed by atoms with Crippen molar-refractivity contribution in [3.05, 3.63) is 190 Å². The number of rotatable bonds is 4. The summed E-state index contributed by atoms with van der Waals surface area (Å²) in [5.74, 6) is 0. The second kappa shape index (κ2) is 13.8. The van der Waals surface area contributed by atoms with Gasteiger partial charge in [-0.2, -0.15) is 0 Å². The van der Waals surface area contributed by atoms with E-state index < -0.39 is 0 Å². The van der Waals surface area contributed by atoms with E-state index in [9.17, 15) is 0 Å². The molecular formula is C62H48N2O2. The number of hydrogen-bond acceptors (Lipinski definition) is 2. The molecule has 0 amide bonds. The maximum Gasteiger partial charge on any atom is 0.162 e. The van der Waals surface area contributed by atoms with Gasteiger partial charge in [-0.15, -0.1) is 0 Å². The molecule has 0 spiro atoms. The van der Waals surface area contributed by atoms with Crippen LogP contribution in [-0.2, 0) is 0 Å². The van der Waals surface area contributed by atoms with E-state index in [0.717, 1.165) is 77.0 Å². The predicted octanol–water partition coefficient (Wildman–Crippen LogP) is 17.4. The zero-order chi connectivity index (χ0) is 44.9. The fourth-order valence-electron chi connectivity index (χ4n) is 11.9. The van der Waals surface area contributed by atoms with Crippen LogP contribution in [0.3, 0.4) is 0 Å². The Labute approximate surface area is 382 Å². The van der Waals surface area contributed by atoms with E-state index in [1.54, 1.807) is 0 Å². The molecule has 4 aromatic heterocycles. The van der Waals surface area contributed by atoms with Crippen molar-refractivity contribution < 1.29 is 8.83 Å². The molecule has 4 heterocycles. The highest BCUT2D eigenvalue weighted by Crippen LogP contribution is 2.50. The molecular weight excluding hydrogens is 805 g/mol. The van der Waals surface area contributed by atoms with E-state index in [0.29, 0.717) is 0 Å². The average molecular weight is 853 g/mol. The van der Waals surface area contributed by atoms with E-state index in [1.165, 1.54) is 89.0 Å². The van der Waals surface area contributed by atoms with Crippen molar-refractivity contribution in [2.24, 2.45) is 0 Å². The number of aromatic nitrogens is 2. The minimum Gasteiger partial charge on any atom is -0.452 e. The lowest BCUT2D eigenvalue weighted by Crippen LogP contribution is -1.95. The maximum absolute atomic E-state index is 7.46. The van der Waals surface area contributed by atoms with Crippen LogP contribution in [0.15, 0.2) is 154 Å². The first kappa shape index (κ1) is 38.6. The Balaban J connectivity index is 1.27. The summed E-state index contributed by atoms with van der Waals surface area (Å²) in [6.07, 6.45) is 0. The molecule has 0 saturated carbocycles. The summed E-state index contributed by atoms with van der Waals surface area (Å²) in [5.41, 5.74) is 29.4. The Bertz CT molecular complexity index is 3900. The number of aryl methyl sites for hydroxylation is 8. The van der Waals surface area contributed by atoms with Crippen molar-refractivity contribution >= 4 is 77.0 Å². The van der Waals surface area contributed by atoms with Crippen LogP contribution in [-0.4, -0.2) is 8.80 Å². The molecule has 4 nitrogen and oxygen atoms in total. The summed E-state index contributed by atoms with van der Waals surface area (Å²) >= 11 is 0. The minimum absolute atomic E-state index is 0.826. The molecule has 13 rings (SSSR count). The summed E-state index contributed by atoms with van der Waals surface area (Å²) in [4.78, 5) is 0. The molecule has 0 saturated heterocycles. The molecule has 0 bridgehead atoms. The number of nitrogens with zero attached hydrogens (tertiary/aromatic N) is 2. The maximum atomic E-state index is 7.46. The highest BCUT2D eigenvalue weighted by molar-refractivity contribution is 6.35. The van der Waals surface area contributed by atoms with E-state index in [-0.39, 0.29) is 0 Å². The van der Waals surface area contributed by atoms with Gasteiger partial charge in [0, 0.05) is 10.8 Å². The third-order valence-electron chi connectivity index (χ3n) is 14.7. The van der Waals surface area contributed by atoms with Crippen molar-refractivity contribution in [3.63, 3.8) is 0 Å². The molecule has 4 heteroatoms. The first-order chi connectivity index (χ1) is 32.0. The molecule has 0 N–H and O–H groups in total. The summed E-state index contributed by atoms with van der Waals surface area (Å²) in [5, 5.41) is 4.35. The van der Waals surface area contributed by atoms with Crippen molar-refractivity contribution in [1.29, 1.82) is 0 Å². The SMILES string of the molecule is Cc1cccc(C)c1-c1ccc2c(c1)c1c3oc4ccc(-c5c(C)cccc5C)cc4n4c5ccc(-c6c(C)cccc6C)cc5c(c5oc6ccc(-c7c(C)cccc7C)cc6n2c51)c34. The first-order valence-electron chi connectivity index (χ1n) is 23.1. The van der Waals surface area contributed by atoms with Crippen molar-refractivity contribution in [2.75, 3.05) is 0 Å². The highest BCUT2D eigenvalue weighted by Gasteiger charge is 2.29. The van der Waals surface area contributed by atoms with E-state index in [2.05, 4.69) is 210 Å². The van der Waals surface area contributed by atoms with Crippen LogP contribution in [0.4, 0.5) is 0 Å². The summed E-state index contributed by atoms with van der Waals surface area (Å²) in [6, 6.07) is 53.8. The zero-order valence-electron chi connectivity index (χ0n) is 38.6. The van der Waals surface area contributed by atoms with Gasteiger partial charge in [0.05, 0.1) is 32.8 Å². The van der Waals surface area contributed by atoms with Crippen LogP contribution in [0.5, 0.6) is 0 Å². The van der Waals surface area contributed by atoms with E-state index in [1.807, 2.05) is 0 Å². The van der Waals surface area contributed by atoms with Crippen molar-refractivity contribution in [2.45, 2.75) is 55.4 Å². The Morgan fingerprint density at radius 2 is 0.591 bits per heavy atom. The molecule has 318 valence electrons. The average Bonchev–Trinajstić information content (AvgIpc) is 3.82. The van der Waals surface area contributed by atoms with Crippen molar-refractivity contribution in [3.8, 4) is 44.5 Å². The Hall–Kier alpha value is -7.82. The second-order valence-electron chi connectivity index (χ2n) is 18.9. The number of hydrogen-bond donors (Lipinski definition) is 0. The monoisotopic (exact) mass is 852 g/mol. The van der Waals surface area contributed by atoms with Gasteiger partial charge >= 0.3 is 0 Å². The van der Waals surface area contributed by atoms with E-state index >= 15 is 0 Å². The molecule has 0 unspecified atom stereocenters. The molecule has 0 atom stereocenters. The lowest BCUT2D eigenvalue weighted by Gasteiger charge is -2.14. The van der Waals surface area contributed by atoms with Crippen molar-refractivity contribution in [1.82, 2.24) is 8.80 Å². The van der Waals surface area contributed by atoms with Gasteiger partial charge in [-0.05, 0) is 193 Å². The molecule has 0 radical (unpaired) electrons. The largest absolute Gasteiger partial charge is 0.452 e. The standard InChI is InChI=1S/C62H48N2O2/c1-33-13-9-14-34(2)53(33)41-21-25-47-45(29-41)57-59-62(66-51-27-23-43(31-49(51)63(47)59)55-37(5)17-11-18-38(55)6)58-46-30-42(54-35(3)15-10-16-36(54)4)22-26-48(46)64-50-32-44(56-39(7)19-12-20-40(56)8)24-28-52(50)65-61(57)60(58)64/h9-32H,1-8H3. The van der Waals surface area contributed by atoms with Gasteiger partial charge in [-0.1, -0.05) is 97.1 Å². The molecule has 0 aliphatic rings. The molecule has 0 fully saturated rings.